The smallest absolute Gasteiger partial charge is 0.266 e. The Morgan fingerprint density at radius 3 is 2.71 bits per heavy atom. The number of H-pyrrole nitrogens is 1. The molecule has 0 fully saturated rings. The average Bonchev–Trinajstić information content (AvgIpc) is 2.82. The van der Waals surface area contributed by atoms with Gasteiger partial charge in [-0.2, -0.15) is 0 Å². The first-order valence-corrected chi connectivity index (χ1v) is 7.39. The molecule has 1 heterocycles. The quantitative estimate of drug-likeness (QED) is 0.644. The predicted octanol–water partition coefficient (Wildman–Crippen LogP) is 3.65. The second-order valence-corrected chi connectivity index (χ2v) is 6.01. The maximum atomic E-state index is 11.7. The molecule has 106 valence electrons. The Balaban J connectivity index is 2.17. The van der Waals surface area contributed by atoms with E-state index in [1.54, 1.807) is 18.2 Å². The first-order chi connectivity index (χ1) is 10.1. The number of para-hydroxylation sites is 1. The van der Waals surface area contributed by atoms with Gasteiger partial charge in [0.2, 0.25) is 0 Å². The number of nitrogens with two attached hydrogens (primary N) is 2. The largest absolute Gasteiger partial charge is 0.398 e. The summed E-state index contributed by atoms with van der Waals surface area (Å²) < 4.78 is 0. The number of nitrogen functional groups attached to an aromatic ring is 1. The fourth-order valence-electron chi connectivity index (χ4n) is 2.10. The number of hydrogen-bond donors (Lipinski definition) is 3. The number of anilines is 1. The normalized spacial score (nSPS) is 10.9. The van der Waals surface area contributed by atoms with Crippen molar-refractivity contribution in [2.24, 2.45) is 5.73 Å². The number of nitrogens with one attached hydrogen (secondary N) is 1. The molecule has 0 bridgehead atoms. The Kier molecular flexibility index (Phi) is 3.53. The van der Waals surface area contributed by atoms with Gasteiger partial charge in [0.25, 0.3) is 5.91 Å². The lowest BCUT2D eigenvalue weighted by molar-refractivity contribution is 0.0993. The van der Waals surface area contributed by atoms with Crippen LogP contribution >= 0.6 is 23.4 Å². The molecule has 0 saturated heterocycles. The molecule has 0 saturated carbocycles. The Morgan fingerprint density at radius 1 is 1.19 bits per heavy atom. The summed E-state index contributed by atoms with van der Waals surface area (Å²) in [5.74, 6) is -0.505. The highest BCUT2D eigenvalue weighted by Crippen LogP contribution is 2.39. The first-order valence-electron chi connectivity index (χ1n) is 6.19. The number of amides is 1. The summed E-state index contributed by atoms with van der Waals surface area (Å²) in [6, 6.07) is 12.9. The van der Waals surface area contributed by atoms with Crippen molar-refractivity contribution in [2.45, 2.75) is 9.79 Å². The third kappa shape index (κ3) is 2.57. The van der Waals surface area contributed by atoms with E-state index in [-0.39, 0.29) is 0 Å². The van der Waals surface area contributed by atoms with Gasteiger partial charge in [-0.1, -0.05) is 41.6 Å². The van der Waals surface area contributed by atoms with Crippen LogP contribution < -0.4 is 11.5 Å². The molecule has 6 heteroatoms. The maximum absolute atomic E-state index is 11.7. The van der Waals surface area contributed by atoms with E-state index in [9.17, 15) is 4.79 Å². The van der Waals surface area contributed by atoms with E-state index in [0.717, 1.165) is 20.7 Å². The van der Waals surface area contributed by atoms with E-state index >= 15 is 0 Å². The Labute approximate surface area is 130 Å². The van der Waals surface area contributed by atoms with Crippen molar-refractivity contribution in [1.29, 1.82) is 0 Å². The number of carbonyl (C=O) groups excluding carboxylic acids is 1. The predicted molar refractivity (Wildman–Crippen MR) is 86.8 cm³/mol. The molecule has 0 aliphatic carbocycles. The lowest BCUT2D eigenvalue weighted by Gasteiger charge is -2.06. The van der Waals surface area contributed by atoms with Crippen molar-refractivity contribution in [1.82, 2.24) is 4.98 Å². The molecule has 3 rings (SSSR count). The lowest BCUT2D eigenvalue weighted by atomic mass is 10.2. The SMILES string of the molecule is NC(=O)c1[nH]c2ccccc2c1Sc1cc(Cl)ccc1N. The van der Waals surface area contributed by atoms with Gasteiger partial charge >= 0.3 is 0 Å². The van der Waals surface area contributed by atoms with Crippen molar-refractivity contribution in [3.8, 4) is 0 Å². The molecule has 0 radical (unpaired) electrons. The number of primary amides is 1. The van der Waals surface area contributed by atoms with Crippen molar-refractivity contribution >= 4 is 45.9 Å². The molecular formula is C15H12ClN3OS. The fourth-order valence-corrected chi connectivity index (χ4v) is 3.47. The van der Waals surface area contributed by atoms with Gasteiger partial charge in [0.15, 0.2) is 0 Å². The number of aromatic nitrogens is 1. The highest BCUT2D eigenvalue weighted by Gasteiger charge is 2.17. The Bertz CT molecular complexity index is 844. The standard InChI is InChI=1S/C15H12ClN3OS/c16-8-5-6-10(17)12(7-8)21-14-9-3-1-2-4-11(9)19-13(14)15(18)20/h1-7,19H,17H2,(H2,18,20). The summed E-state index contributed by atoms with van der Waals surface area (Å²) >= 11 is 7.39. The highest BCUT2D eigenvalue weighted by atomic mass is 35.5. The number of hydrogen-bond acceptors (Lipinski definition) is 3. The zero-order chi connectivity index (χ0) is 15.0. The van der Waals surface area contributed by atoms with Crippen LogP contribution in [0.25, 0.3) is 10.9 Å². The molecule has 2 aromatic carbocycles. The van der Waals surface area contributed by atoms with Gasteiger partial charge in [0.05, 0.1) is 4.90 Å². The van der Waals surface area contributed by atoms with Gasteiger partial charge in [-0.25, -0.2) is 0 Å². The Morgan fingerprint density at radius 2 is 1.95 bits per heavy atom. The number of carbonyl (C=O) groups is 1. The molecule has 21 heavy (non-hydrogen) atoms. The third-order valence-corrected chi connectivity index (χ3v) is 4.53. The molecule has 0 spiro atoms. The van der Waals surface area contributed by atoms with Crippen LogP contribution in [0, 0.1) is 0 Å². The van der Waals surface area contributed by atoms with Crippen LogP contribution in [-0.4, -0.2) is 10.9 Å². The minimum absolute atomic E-state index is 0.376. The van der Waals surface area contributed by atoms with Crippen LogP contribution in [0.1, 0.15) is 10.5 Å². The topological polar surface area (TPSA) is 84.9 Å². The summed E-state index contributed by atoms with van der Waals surface area (Å²) in [7, 11) is 0. The number of rotatable bonds is 3. The van der Waals surface area contributed by atoms with Gasteiger partial charge in [-0.15, -0.1) is 0 Å². The molecule has 0 unspecified atom stereocenters. The minimum Gasteiger partial charge on any atom is -0.398 e. The van der Waals surface area contributed by atoms with Crippen LogP contribution in [0.15, 0.2) is 52.3 Å². The summed E-state index contributed by atoms with van der Waals surface area (Å²) in [6.45, 7) is 0. The minimum atomic E-state index is -0.505. The second kappa shape index (κ2) is 5.35. The van der Waals surface area contributed by atoms with Crippen LogP contribution in [0.4, 0.5) is 5.69 Å². The monoisotopic (exact) mass is 317 g/mol. The molecule has 0 atom stereocenters. The zero-order valence-corrected chi connectivity index (χ0v) is 12.5. The summed E-state index contributed by atoms with van der Waals surface area (Å²) in [4.78, 5) is 16.2. The third-order valence-electron chi connectivity index (χ3n) is 3.09. The lowest BCUT2D eigenvalue weighted by Crippen LogP contribution is -2.12. The number of fused-ring (bicyclic) bond motifs is 1. The molecule has 0 aliphatic rings. The number of benzene rings is 2. The van der Waals surface area contributed by atoms with E-state index in [1.165, 1.54) is 11.8 Å². The van der Waals surface area contributed by atoms with Crippen LogP contribution in [0.3, 0.4) is 0 Å². The first kappa shape index (κ1) is 13.9. The van der Waals surface area contributed by atoms with Gasteiger partial charge in [-0.3, -0.25) is 4.79 Å². The van der Waals surface area contributed by atoms with Gasteiger partial charge in [0, 0.05) is 26.5 Å². The fraction of sp³-hybridized carbons (Fsp3) is 0. The van der Waals surface area contributed by atoms with Crippen LogP contribution in [-0.2, 0) is 0 Å². The number of aromatic amines is 1. The van der Waals surface area contributed by atoms with Crippen molar-refractivity contribution in [2.75, 3.05) is 5.73 Å². The van der Waals surface area contributed by atoms with E-state index in [0.29, 0.717) is 16.4 Å². The van der Waals surface area contributed by atoms with Gasteiger partial charge in [0.1, 0.15) is 5.69 Å². The van der Waals surface area contributed by atoms with Crippen molar-refractivity contribution < 1.29 is 4.79 Å². The van der Waals surface area contributed by atoms with E-state index in [4.69, 9.17) is 23.1 Å². The molecule has 4 nitrogen and oxygen atoms in total. The summed E-state index contributed by atoms with van der Waals surface area (Å²) in [6.07, 6.45) is 0. The Hall–Kier alpha value is -2.11. The number of halogens is 1. The van der Waals surface area contributed by atoms with Crippen LogP contribution in [0.2, 0.25) is 5.02 Å². The van der Waals surface area contributed by atoms with Crippen molar-refractivity contribution in [3.05, 3.63) is 53.2 Å². The molecular weight excluding hydrogens is 306 g/mol. The van der Waals surface area contributed by atoms with Gasteiger partial charge in [-0.05, 0) is 24.3 Å². The highest BCUT2D eigenvalue weighted by molar-refractivity contribution is 7.99. The molecule has 1 aromatic heterocycles. The summed E-state index contributed by atoms with van der Waals surface area (Å²) in [5.41, 5.74) is 13.3. The van der Waals surface area contributed by atoms with Gasteiger partial charge < -0.3 is 16.5 Å². The summed E-state index contributed by atoms with van der Waals surface area (Å²) in [5, 5.41) is 1.52. The molecule has 1 amide bonds. The van der Waals surface area contributed by atoms with E-state index in [1.807, 2.05) is 24.3 Å². The average molecular weight is 318 g/mol. The van der Waals surface area contributed by atoms with E-state index in [2.05, 4.69) is 4.98 Å². The molecule has 0 aliphatic heterocycles. The second-order valence-electron chi connectivity index (χ2n) is 4.52. The molecule has 3 aromatic rings. The van der Waals surface area contributed by atoms with Crippen molar-refractivity contribution in [3.63, 3.8) is 0 Å². The van der Waals surface area contributed by atoms with Crippen LogP contribution in [0.5, 0.6) is 0 Å². The zero-order valence-electron chi connectivity index (χ0n) is 10.9. The maximum Gasteiger partial charge on any atom is 0.266 e. The molecule has 5 N–H and O–H groups in total. The van der Waals surface area contributed by atoms with E-state index < -0.39 is 5.91 Å².